The van der Waals surface area contributed by atoms with Gasteiger partial charge in [-0.05, 0) is 32.0 Å². The molecular weight excluding hydrogens is 238 g/mol. The van der Waals surface area contributed by atoms with Crippen molar-refractivity contribution in [3.05, 3.63) is 47.9 Å². The fourth-order valence-electron chi connectivity index (χ4n) is 2.03. The van der Waals surface area contributed by atoms with E-state index in [1.165, 1.54) is 0 Å². The van der Waals surface area contributed by atoms with Crippen LogP contribution in [0.3, 0.4) is 0 Å². The minimum absolute atomic E-state index is 0.147. The van der Waals surface area contributed by atoms with Crippen LogP contribution in [0, 0.1) is 6.92 Å². The smallest absolute Gasteiger partial charge is 0.153 e. The second-order valence-electron chi connectivity index (χ2n) is 4.76. The molecule has 0 amide bonds. The molecule has 0 aliphatic rings. The maximum Gasteiger partial charge on any atom is 0.153 e. The lowest BCUT2D eigenvalue weighted by Crippen LogP contribution is -2.02. The van der Waals surface area contributed by atoms with Crippen LogP contribution < -0.4 is 5.73 Å². The van der Waals surface area contributed by atoms with Crippen LogP contribution in [0.25, 0.3) is 22.2 Å². The predicted octanol–water partition coefficient (Wildman–Crippen LogP) is 3.22. The molecule has 0 bridgehead atoms. The van der Waals surface area contributed by atoms with E-state index in [0.29, 0.717) is 5.76 Å². The van der Waals surface area contributed by atoms with Gasteiger partial charge in [-0.1, -0.05) is 17.3 Å². The molecule has 1 aromatic carbocycles. The molecule has 2 aromatic heterocycles. The highest BCUT2D eigenvalue weighted by atomic mass is 16.5. The van der Waals surface area contributed by atoms with Crippen LogP contribution in [-0.4, -0.2) is 10.1 Å². The summed E-state index contributed by atoms with van der Waals surface area (Å²) in [6.45, 7) is 3.86. The highest BCUT2D eigenvalue weighted by Gasteiger charge is 2.10. The van der Waals surface area contributed by atoms with Crippen molar-refractivity contribution in [1.29, 1.82) is 0 Å². The lowest BCUT2D eigenvalue weighted by molar-refractivity contribution is 0.369. The maximum absolute atomic E-state index is 5.77. The summed E-state index contributed by atoms with van der Waals surface area (Å²) in [5, 5.41) is 5.15. The Kier molecular flexibility index (Phi) is 2.80. The monoisotopic (exact) mass is 253 g/mol. The van der Waals surface area contributed by atoms with Crippen LogP contribution in [0.15, 0.2) is 40.9 Å². The van der Waals surface area contributed by atoms with Crippen LogP contribution >= 0.6 is 0 Å². The number of aromatic nitrogens is 2. The third-order valence-electron chi connectivity index (χ3n) is 3.10. The summed E-state index contributed by atoms with van der Waals surface area (Å²) in [4.78, 5) is 4.48. The molecule has 0 aliphatic carbocycles. The Morgan fingerprint density at radius 1 is 1.16 bits per heavy atom. The Hall–Kier alpha value is -2.20. The van der Waals surface area contributed by atoms with Crippen molar-refractivity contribution in [1.82, 2.24) is 10.1 Å². The van der Waals surface area contributed by atoms with Crippen LogP contribution in [-0.2, 0) is 0 Å². The minimum Gasteiger partial charge on any atom is -0.359 e. The standard InChI is InChI=1S/C15H15N3O/c1-9-3-4-11-7-12(5-6-13(11)17-9)14-8-15(10(2)16)19-18-14/h3-8,10H,16H2,1-2H3. The third-order valence-corrected chi connectivity index (χ3v) is 3.10. The van der Waals surface area contributed by atoms with E-state index in [0.717, 1.165) is 27.9 Å². The van der Waals surface area contributed by atoms with E-state index in [2.05, 4.69) is 22.3 Å². The van der Waals surface area contributed by atoms with Gasteiger partial charge < -0.3 is 10.3 Å². The molecule has 4 nitrogen and oxygen atoms in total. The van der Waals surface area contributed by atoms with Crippen LogP contribution in [0.5, 0.6) is 0 Å². The van der Waals surface area contributed by atoms with Gasteiger partial charge in [-0.15, -0.1) is 0 Å². The lowest BCUT2D eigenvalue weighted by Gasteiger charge is -2.01. The summed E-state index contributed by atoms with van der Waals surface area (Å²) in [6, 6.07) is 11.9. The van der Waals surface area contributed by atoms with Gasteiger partial charge in [0.1, 0.15) is 5.69 Å². The number of pyridine rings is 1. The first-order valence-electron chi connectivity index (χ1n) is 6.23. The van der Waals surface area contributed by atoms with Gasteiger partial charge >= 0.3 is 0 Å². The normalized spacial score (nSPS) is 12.8. The summed E-state index contributed by atoms with van der Waals surface area (Å²) in [5.74, 6) is 0.692. The van der Waals surface area contributed by atoms with E-state index in [-0.39, 0.29) is 6.04 Å². The van der Waals surface area contributed by atoms with Gasteiger partial charge in [0.2, 0.25) is 0 Å². The number of hydrogen-bond acceptors (Lipinski definition) is 4. The highest BCUT2D eigenvalue weighted by molar-refractivity contribution is 5.83. The number of benzene rings is 1. The molecule has 2 N–H and O–H groups in total. The van der Waals surface area contributed by atoms with E-state index in [1.54, 1.807) is 0 Å². The van der Waals surface area contributed by atoms with Crippen molar-refractivity contribution in [2.45, 2.75) is 19.9 Å². The third kappa shape index (κ3) is 2.22. The van der Waals surface area contributed by atoms with Crippen LogP contribution in [0.2, 0.25) is 0 Å². The van der Waals surface area contributed by atoms with Crippen LogP contribution in [0.1, 0.15) is 24.4 Å². The van der Waals surface area contributed by atoms with Gasteiger partial charge in [-0.25, -0.2) is 0 Å². The first kappa shape index (κ1) is 11.9. The average Bonchev–Trinajstić information content (AvgIpc) is 2.88. The van der Waals surface area contributed by atoms with Crippen molar-refractivity contribution >= 4 is 10.9 Å². The number of nitrogens with zero attached hydrogens (tertiary/aromatic N) is 2. The number of fused-ring (bicyclic) bond motifs is 1. The number of hydrogen-bond donors (Lipinski definition) is 1. The van der Waals surface area contributed by atoms with Gasteiger partial charge in [0.05, 0.1) is 11.6 Å². The predicted molar refractivity (Wildman–Crippen MR) is 74.6 cm³/mol. The van der Waals surface area contributed by atoms with E-state index in [4.69, 9.17) is 10.3 Å². The molecule has 0 saturated heterocycles. The Balaban J connectivity index is 2.07. The second kappa shape index (κ2) is 4.48. The van der Waals surface area contributed by atoms with E-state index in [1.807, 2.05) is 38.1 Å². The summed E-state index contributed by atoms with van der Waals surface area (Å²) in [7, 11) is 0. The molecule has 0 radical (unpaired) electrons. The van der Waals surface area contributed by atoms with Crippen molar-refractivity contribution in [2.75, 3.05) is 0 Å². The molecule has 3 rings (SSSR count). The maximum atomic E-state index is 5.77. The Morgan fingerprint density at radius 2 is 2.00 bits per heavy atom. The van der Waals surface area contributed by atoms with Gasteiger partial charge in [0.15, 0.2) is 5.76 Å². The number of rotatable bonds is 2. The Bertz CT molecular complexity index is 731. The molecule has 0 spiro atoms. The molecular formula is C15H15N3O. The average molecular weight is 253 g/mol. The van der Waals surface area contributed by atoms with Crippen molar-refractivity contribution in [3.8, 4) is 11.3 Å². The largest absolute Gasteiger partial charge is 0.359 e. The molecule has 0 aliphatic heterocycles. The Labute approximate surface area is 111 Å². The molecule has 3 aromatic rings. The van der Waals surface area contributed by atoms with E-state index in [9.17, 15) is 0 Å². The van der Waals surface area contributed by atoms with Gasteiger partial charge in [-0.3, -0.25) is 4.98 Å². The first-order valence-corrected chi connectivity index (χ1v) is 6.23. The molecule has 1 unspecified atom stereocenters. The topological polar surface area (TPSA) is 64.9 Å². The first-order chi connectivity index (χ1) is 9.13. The molecule has 0 saturated carbocycles. The molecule has 0 fully saturated rings. The number of nitrogens with two attached hydrogens (primary N) is 1. The minimum atomic E-state index is -0.147. The Morgan fingerprint density at radius 3 is 2.74 bits per heavy atom. The summed E-state index contributed by atoms with van der Waals surface area (Å²) >= 11 is 0. The summed E-state index contributed by atoms with van der Waals surface area (Å²) < 4.78 is 5.22. The molecule has 4 heteroatoms. The molecule has 19 heavy (non-hydrogen) atoms. The lowest BCUT2D eigenvalue weighted by atomic mass is 10.1. The zero-order valence-electron chi connectivity index (χ0n) is 10.9. The summed E-state index contributed by atoms with van der Waals surface area (Å²) in [5.41, 5.74) is 9.58. The van der Waals surface area contributed by atoms with E-state index < -0.39 is 0 Å². The highest BCUT2D eigenvalue weighted by Crippen LogP contribution is 2.25. The fourth-order valence-corrected chi connectivity index (χ4v) is 2.03. The summed E-state index contributed by atoms with van der Waals surface area (Å²) in [6.07, 6.45) is 0. The molecule has 96 valence electrons. The SMILES string of the molecule is Cc1ccc2cc(-c3cc(C(C)N)on3)ccc2n1. The van der Waals surface area contributed by atoms with Crippen molar-refractivity contribution < 1.29 is 4.52 Å². The van der Waals surface area contributed by atoms with E-state index >= 15 is 0 Å². The van der Waals surface area contributed by atoms with Crippen molar-refractivity contribution in [2.24, 2.45) is 5.73 Å². The molecule has 1 atom stereocenters. The quantitative estimate of drug-likeness (QED) is 0.761. The fraction of sp³-hybridized carbons (Fsp3) is 0.200. The van der Waals surface area contributed by atoms with Crippen molar-refractivity contribution in [3.63, 3.8) is 0 Å². The van der Waals surface area contributed by atoms with Gasteiger partial charge in [0.25, 0.3) is 0 Å². The van der Waals surface area contributed by atoms with Gasteiger partial charge in [0, 0.05) is 22.7 Å². The van der Waals surface area contributed by atoms with Crippen LogP contribution in [0.4, 0.5) is 0 Å². The zero-order valence-corrected chi connectivity index (χ0v) is 10.9. The zero-order chi connectivity index (χ0) is 13.4. The van der Waals surface area contributed by atoms with Gasteiger partial charge in [-0.2, -0.15) is 0 Å². The number of aryl methyl sites for hydroxylation is 1. The molecule has 2 heterocycles. The second-order valence-corrected chi connectivity index (χ2v) is 4.76.